The fourth-order valence-corrected chi connectivity index (χ4v) is 3.62. The van der Waals surface area contributed by atoms with Crippen LogP contribution in [-0.4, -0.2) is 17.9 Å². The molecule has 0 radical (unpaired) electrons. The van der Waals surface area contributed by atoms with Crippen molar-refractivity contribution in [2.24, 2.45) is 0 Å². The number of fused-ring (bicyclic) bond motifs is 1. The van der Waals surface area contributed by atoms with Crippen molar-refractivity contribution in [2.45, 2.75) is 26.0 Å². The van der Waals surface area contributed by atoms with Crippen molar-refractivity contribution in [3.8, 4) is 5.75 Å². The second-order valence-electron chi connectivity index (χ2n) is 7.91. The number of ether oxygens (including phenoxy) is 1. The third kappa shape index (κ3) is 5.39. The maximum Gasteiger partial charge on any atom is 0.265 e. The Morgan fingerprint density at radius 2 is 1.42 bits per heavy atom. The lowest BCUT2D eigenvalue weighted by Gasteiger charge is -2.18. The highest BCUT2D eigenvalue weighted by Crippen LogP contribution is 2.22. The lowest BCUT2D eigenvalue weighted by molar-refractivity contribution is -0.122. The summed E-state index contributed by atoms with van der Waals surface area (Å²) in [5.41, 5.74) is 1.84. The number of rotatable bonds is 7. The maximum absolute atomic E-state index is 12.9. The first-order valence-corrected chi connectivity index (χ1v) is 10.9. The van der Waals surface area contributed by atoms with Gasteiger partial charge in [-0.1, -0.05) is 72.8 Å². The molecule has 5 heteroatoms. The van der Waals surface area contributed by atoms with Gasteiger partial charge in [0.25, 0.3) is 11.8 Å². The molecule has 0 bridgehead atoms. The molecule has 0 unspecified atom stereocenters. The Morgan fingerprint density at radius 1 is 0.758 bits per heavy atom. The number of amides is 2. The summed E-state index contributed by atoms with van der Waals surface area (Å²) in [4.78, 5) is 25.8. The lowest BCUT2D eigenvalue weighted by atomic mass is 10.1. The molecule has 0 aliphatic carbocycles. The van der Waals surface area contributed by atoms with Gasteiger partial charge >= 0.3 is 0 Å². The fourth-order valence-electron chi connectivity index (χ4n) is 3.62. The number of para-hydroxylation sites is 1. The van der Waals surface area contributed by atoms with Crippen molar-refractivity contribution in [3.63, 3.8) is 0 Å². The lowest BCUT2D eigenvalue weighted by Crippen LogP contribution is -2.32. The van der Waals surface area contributed by atoms with Gasteiger partial charge in [-0.05, 0) is 54.4 Å². The number of hydrogen-bond acceptors (Lipinski definition) is 3. The highest BCUT2D eigenvalue weighted by atomic mass is 16.5. The number of carbonyl (C=O) groups is 2. The predicted octanol–water partition coefficient (Wildman–Crippen LogP) is 5.74. The van der Waals surface area contributed by atoms with E-state index in [9.17, 15) is 9.59 Å². The Hall–Kier alpha value is -4.12. The summed E-state index contributed by atoms with van der Waals surface area (Å²) in [6.07, 6.45) is -0.745. The van der Waals surface area contributed by atoms with E-state index < -0.39 is 6.10 Å². The molecule has 4 aromatic carbocycles. The zero-order valence-electron chi connectivity index (χ0n) is 18.6. The molecule has 0 saturated heterocycles. The summed E-state index contributed by atoms with van der Waals surface area (Å²) in [5, 5.41) is 7.97. The van der Waals surface area contributed by atoms with E-state index in [1.807, 2.05) is 79.7 Å². The van der Waals surface area contributed by atoms with Crippen molar-refractivity contribution < 1.29 is 14.3 Å². The molecule has 2 atom stereocenters. The Morgan fingerprint density at radius 3 is 2.21 bits per heavy atom. The van der Waals surface area contributed by atoms with E-state index in [0.717, 1.165) is 16.3 Å². The molecule has 0 heterocycles. The molecule has 0 saturated carbocycles. The van der Waals surface area contributed by atoms with Crippen LogP contribution in [-0.2, 0) is 4.79 Å². The minimum Gasteiger partial charge on any atom is -0.481 e. The monoisotopic (exact) mass is 438 g/mol. The SMILES string of the molecule is C[C@H](Oc1ccc2ccccc2c1)C(=O)Nc1ccccc1C(=O)N[C@@H](C)c1ccccc1. The molecule has 4 aromatic rings. The van der Waals surface area contributed by atoms with Crippen molar-refractivity contribution in [1.82, 2.24) is 5.32 Å². The third-order valence-corrected chi connectivity index (χ3v) is 5.48. The Kier molecular flexibility index (Phi) is 6.69. The molecule has 0 fully saturated rings. The molecule has 2 amide bonds. The van der Waals surface area contributed by atoms with Gasteiger partial charge in [0.1, 0.15) is 5.75 Å². The van der Waals surface area contributed by atoms with Gasteiger partial charge in [-0.15, -0.1) is 0 Å². The van der Waals surface area contributed by atoms with Gasteiger partial charge < -0.3 is 15.4 Å². The van der Waals surface area contributed by atoms with Crippen LogP contribution in [0.5, 0.6) is 5.75 Å². The van der Waals surface area contributed by atoms with Crippen LogP contribution in [0.15, 0.2) is 97.1 Å². The summed E-state index contributed by atoms with van der Waals surface area (Å²) in [7, 11) is 0. The number of hydrogen-bond donors (Lipinski definition) is 2. The summed E-state index contributed by atoms with van der Waals surface area (Å²) in [6, 6.07) is 30.2. The summed E-state index contributed by atoms with van der Waals surface area (Å²) in [6.45, 7) is 3.61. The number of benzene rings is 4. The normalized spacial score (nSPS) is 12.5. The average Bonchev–Trinajstić information content (AvgIpc) is 2.84. The van der Waals surface area contributed by atoms with E-state index in [0.29, 0.717) is 17.0 Å². The second-order valence-corrected chi connectivity index (χ2v) is 7.91. The zero-order valence-corrected chi connectivity index (χ0v) is 18.6. The Bertz CT molecular complexity index is 1270. The van der Waals surface area contributed by atoms with Crippen molar-refractivity contribution in [3.05, 3.63) is 108 Å². The van der Waals surface area contributed by atoms with Crippen molar-refractivity contribution in [2.75, 3.05) is 5.32 Å². The van der Waals surface area contributed by atoms with Crippen LogP contribution >= 0.6 is 0 Å². The van der Waals surface area contributed by atoms with Crippen molar-refractivity contribution in [1.29, 1.82) is 0 Å². The standard InChI is InChI=1S/C28H26N2O3/c1-19(21-10-4-3-5-11-21)29-28(32)25-14-8-9-15-26(25)30-27(31)20(2)33-24-17-16-22-12-6-7-13-23(22)18-24/h3-20H,1-2H3,(H,29,32)(H,30,31)/t19-,20-/m0/s1. The van der Waals surface area contributed by atoms with E-state index in [-0.39, 0.29) is 17.9 Å². The average molecular weight is 439 g/mol. The molecule has 0 aliphatic rings. The van der Waals surface area contributed by atoms with Crippen LogP contribution in [0.2, 0.25) is 0 Å². The number of anilines is 1. The van der Waals surface area contributed by atoms with Crippen LogP contribution in [0, 0.1) is 0 Å². The zero-order chi connectivity index (χ0) is 23.2. The van der Waals surface area contributed by atoms with Crippen molar-refractivity contribution >= 4 is 28.3 Å². The Balaban J connectivity index is 1.43. The summed E-state index contributed by atoms with van der Waals surface area (Å²) >= 11 is 0. The van der Waals surface area contributed by atoms with Gasteiger partial charge in [0.05, 0.1) is 17.3 Å². The van der Waals surface area contributed by atoms with Crippen LogP contribution in [0.4, 0.5) is 5.69 Å². The fraction of sp³-hybridized carbons (Fsp3) is 0.143. The van der Waals surface area contributed by atoms with E-state index in [1.54, 1.807) is 31.2 Å². The number of carbonyl (C=O) groups excluding carboxylic acids is 2. The van der Waals surface area contributed by atoms with Gasteiger partial charge in [-0.25, -0.2) is 0 Å². The van der Waals surface area contributed by atoms with E-state index >= 15 is 0 Å². The van der Waals surface area contributed by atoms with E-state index in [1.165, 1.54) is 0 Å². The molecule has 0 aromatic heterocycles. The molecular formula is C28H26N2O3. The largest absolute Gasteiger partial charge is 0.481 e. The maximum atomic E-state index is 12.9. The smallest absolute Gasteiger partial charge is 0.265 e. The predicted molar refractivity (Wildman–Crippen MR) is 131 cm³/mol. The highest BCUT2D eigenvalue weighted by molar-refractivity contribution is 6.04. The van der Waals surface area contributed by atoms with Gasteiger partial charge in [0, 0.05) is 0 Å². The van der Waals surface area contributed by atoms with Crippen LogP contribution in [0.3, 0.4) is 0 Å². The minimum absolute atomic E-state index is 0.169. The molecule has 166 valence electrons. The third-order valence-electron chi connectivity index (χ3n) is 5.48. The topological polar surface area (TPSA) is 67.4 Å². The van der Waals surface area contributed by atoms with E-state index in [4.69, 9.17) is 4.74 Å². The molecule has 0 spiro atoms. The summed E-state index contributed by atoms with van der Waals surface area (Å²) in [5.74, 6) is 0.0175. The first-order valence-electron chi connectivity index (χ1n) is 10.9. The highest BCUT2D eigenvalue weighted by Gasteiger charge is 2.19. The first kappa shape index (κ1) is 22.1. The van der Waals surface area contributed by atoms with Gasteiger partial charge in [0.2, 0.25) is 0 Å². The second kappa shape index (κ2) is 10.0. The van der Waals surface area contributed by atoms with Crippen LogP contribution in [0.1, 0.15) is 35.8 Å². The quantitative estimate of drug-likeness (QED) is 0.387. The minimum atomic E-state index is -0.745. The van der Waals surface area contributed by atoms with Gasteiger partial charge in [-0.2, -0.15) is 0 Å². The van der Waals surface area contributed by atoms with Gasteiger partial charge in [0.15, 0.2) is 6.10 Å². The molecule has 4 rings (SSSR count). The molecule has 0 aliphatic heterocycles. The van der Waals surface area contributed by atoms with E-state index in [2.05, 4.69) is 10.6 Å². The molecular weight excluding hydrogens is 412 g/mol. The number of nitrogens with one attached hydrogen (secondary N) is 2. The molecule has 33 heavy (non-hydrogen) atoms. The first-order chi connectivity index (χ1) is 16.0. The summed E-state index contributed by atoms with van der Waals surface area (Å²) < 4.78 is 5.87. The Labute approximate surface area is 193 Å². The van der Waals surface area contributed by atoms with Crippen LogP contribution in [0.25, 0.3) is 10.8 Å². The molecule has 5 nitrogen and oxygen atoms in total. The van der Waals surface area contributed by atoms with Gasteiger partial charge in [-0.3, -0.25) is 9.59 Å². The van der Waals surface area contributed by atoms with Crippen LogP contribution < -0.4 is 15.4 Å². The molecule has 2 N–H and O–H groups in total.